The normalized spacial score (nSPS) is 29.4. The molecule has 1 heterocycles. The van der Waals surface area contributed by atoms with Gasteiger partial charge >= 0.3 is 12.0 Å². The molecule has 6 heteroatoms. The van der Waals surface area contributed by atoms with Crippen LogP contribution in [0.25, 0.3) is 0 Å². The van der Waals surface area contributed by atoms with Crippen LogP contribution in [-0.4, -0.2) is 42.4 Å². The number of aliphatic carboxylic acids is 1. The summed E-state index contributed by atoms with van der Waals surface area (Å²) < 4.78 is 5.35. The highest BCUT2D eigenvalue weighted by atomic mass is 16.5. The second kappa shape index (κ2) is 4.76. The van der Waals surface area contributed by atoms with Crippen molar-refractivity contribution in [2.24, 2.45) is 5.41 Å². The lowest BCUT2D eigenvalue weighted by atomic mass is 9.95. The molecule has 1 aliphatic carbocycles. The summed E-state index contributed by atoms with van der Waals surface area (Å²) in [4.78, 5) is 22.7. The van der Waals surface area contributed by atoms with Crippen LogP contribution >= 0.6 is 0 Å². The van der Waals surface area contributed by atoms with Gasteiger partial charge in [-0.3, -0.25) is 4.79 Å². The quantitative estimate of drug-likeness (QED) is 0.691. The van der Waals surface area contributed by atoms with Crippen LogP contribution in [0.5, 0.6) is 0 Å². The van der Waals surface area contributed by atoms with Gasteiger partial charge in [0.2, 0.25) is 0 Å². The third-order valence-corrected chi connectivity index (χ3v) is 3.75. The molecule has 2 rings (SSSR count). The van der Waals surface area contributed by atoms with Crippen LogP contribution in [0.3, 0.4) is 0 Å². The van der Waals surface area contributed by atoms with E-state index < -0.39 is 11.4 Å². The van der Waals surface area contributed by atoms with Gasteiger partial charge in [0.1, 0.15) is 0 Å². The van der Waals surface area contributed by atoms with Crippen LogP contribution in [0.15, 0.2) is 0 Å². The Balaban J connectivity index is 1.77. The van der Waals surface area contributed by atoms with Crippen molar-refractivity contribution in [3.63, 3.8) is 0 Å². The van der Waals surface area contributed by atoms with Gasteiger partial charge in [-0.2, -0.15) is 0 Å². The van der Waals surface area contributed by atoms with Crippen molar-refractivity contribution < 1.29 is 19.4 Å². The number of ether oxygens (including phenoxy) is 1. The summed E-state index contributed by atoms with van der Waals surface area (Å²) >= 11 is 0. The van der Waals surface area contributed by atoms with Gasteiger partial charge in [0.05, 0.1) is 17.6 Å². The molecule has 0 spiro atoms. The van der Waals surface area contributed by atoms with Gasteiger partial charge in [-0.15, -0.1) is 0 Å². The topological polar surface area (TPSA) is 87.7 Å². The Morgan fingerprint density at radius 2 is 2.06 bits per heavy atom. The minimum atomic E-state index is -0.824. The van der Waals surface area contributed by atoms with Crippen molar-refractivity contribution in [2.75, 3.05) is 19.8 Å². The third kappa shape index (κ3) is 2.93. The highest BCUT2D eigenvalue weighted by Gasteiger charge is 2.50. The van der Waals surface area contributed by atoms with E-state index in [1.54, 1.807) is 0 Å². The number of hydrogen-bond acceptors (Lipinski definition) is 3. The summed E-state index contributed by atoms with van der Waals surface area (Å²) in [5.41, 5.74) is -1.07. The minimum Gasteiger partial charge on any atom is -0.481 e. The fourth-order valence-electron chi connectivity index (χ4n) is 2.22. The predicted octanol–water partition coefficient (Wildman–Crippen LogP) is 0.719. The predicted molar refractivity (Wildman–Crippen MR) is 64.3 cm³/mol. The maximum Gasteiger partial charge on any atom is 0.315 e. The van der Waals surface area contributed by atoms with Crippen LogP contribution in [0.2, 0.25) is 0 Å². The largest absolute Gasteiger partial charge is 0.481 e. The zero-order chi connectivity index (χ0) is 13.2. The van der Waals surface area contributed by atoms with Crippen LogP contribution in [0, 0.1) is 5.41 Å². The summed E-state index contributed by atoms with van der Waals surface area (Å²) in [6.07, 6.45) is 3.09. The van der Waals surface area contributed by atoms with E-state index in [1.807, 2.05) is 6.92 Å². The van der Waals surface area contributed by atoms with Crippen LogP contribution in [0.1, 0.15) is 32.6 Å². The van der Waals surface area contributed by atoms with E-state index >= 15 is 0 Å². The first kappa shape index (κ1) is 13.1. The molecule has 1 saturated carbocycles. The number of urea groups is 1. The molecule has 2 aliphatic rings. The van der Waals surface area contributed by atoms with Gasteiger partial charge in [0, 0.05) is 13.2 Å². The number of carbonyl (C=O) groups excluding carboxylic acids is 1. The molecule has 1 saturated heterocycles. The van der Waals surface area contributed by atoms with Gasteiger partial charge in [0.15, 0.2) is 0 Å². The maximum atomic E-state index is 11.7. The van der Waals surface area contributed by atoms with Crippen molar-refractivity contribution in [3.8, 4) is 0 Å². The number of carbonyl (C=O) groups is 2. The zero-order valence-electron chi connectivity index (χ0n) is 10.6. The second-order valence-corrected chi connectivity index (χ2v) is 5.61. The molecule has 1 atom stereocenters. The Kier molecular flexibility index (Phi) is 3.47. The molecule has 1 aliphatic heterocycles. The number of rotatable bonds is 4. The van der Waals surface area contributed by atoms with Gasteiger partial charge in [-0.25, -0.2) is 4.79 Å². The molecule has 102 valence electrons. The van der Waals surface area contributed by atoms with E-state index in [1.165, 1.54) is 0 Å². The molecule has 0 bridgehead atoms. The molecule has 0 aromatic heterocycles. The highest BCUT2D eigenvalue weighted by molar-refractivity contribution is 5.80. The summed E-state index contributed by atoms with van der Waals surface area (Å²) in [6, 6.07) is -0.310. The van der Waals surface area contributed by atoms with Crippen LogP contribution in [0.4, 0.5) is 4.79 Å². The molecule has 0 radical (unpaired) electrons. The van der Waals surface area contributed by atoms with Crippen molar-refractivity contribution in [1.82, 2.24) is 10.6 Å². The van der Waals surface area contributed by atoms with E-state index in [4.69, 9.17) is 9.84 Å². The first-order valence-electron chi connectivity index (χ1n) is 6.33. The third-order valence-electron chi connectivity index (χ3n) is 3.75. The van der Waals surface area contributed by atoms with Gasteiger partial charge in [-0.05, 0) is 32.6 Å². The van der Waals surface area contributed by atoms with Crippen molar-refractivity contribution >= 4 is 12.0 Å². The van der Waals surface area contributed by atoms with E-state index in [9.17, 15) is 9.59 Å². The van der Waals surface area contributed by atoms with Gasteiger partial charge in [0.25, 0.3) is 0 Å². The monoisotopic (exact) mass is 256 g/mol. The van der Waals surface area contributed by atoms with Crippen LogP contribution < -0.4 is 10.6 Å². The SMILES string of the molecule is CC1(NC(=O)NCC2(C(=O)O)CC2)CCCOC1. The maximum absolute atomic E-state index is 11.7. The summed E-state index contributed by atoms with van der Waals surface area (Å²) in [7, 11) is 0. The number of hydrogen-bond donors (Lipinski definition) is 3. The molecule has 0 aromatic rings. The summed E-state index contributed by atoms with van der Waals surface area (Å²) in [5, 5.41) is 14.5. The Hall–Kier alpha value is -1.30. The first-order valence-corrected chi connectivity index (χ1v) is 6.33. The van der Waals surface area contributed by atoms with E-state index in [0.717, 1.165) is 19.4 Å². The molecule has 6 nitrogen and oxygen atoms in total. The highest BCUT2D eigenvalue weighted by Crippen LogP contribution is 2.45. The Morgan fingerprint density at radius 3 is 2.56 bits per heavy atom. The van der Waals surface area contributed by atoms with Crippen molar-refractivity contribution in [1.29, 1.82) is 0 Å². The Bertz CT molecular complexity index is 346. The molecule has 18 heavy (non-hydrogen) atoms. The molecule has 3 N–H and O–H groups in total. The smallest absolute Gasteiger partial charge is 0.315 e. The standard InChI is InChI=1S/C12H20N2O4/c1-11(3-2-6-18-8-11)14-10(17)13-7-12(4-5-12)9(15)16/h2-8H2,1H3,(H,15,16)(H2,13,14,17). The lowest BCUT2D eigenvalue weighted by molar-refractivity contribution is -0.143. The summed E-state index contributed by atoms with van der Waals surface area (Å²) in [5.74, 6) is -0.824. The fourth-order valence-corrected chi connectivity index (χ4v) is 2.22. The Morgan fingerprint density at radius 1 is 1.33 bits per heavy atom. The van der Waals surface area contributed by atoms with E-state index in [-0.39, 0.29) is 18.1 Å². The number of amides is 2. The van der Waals surface area contributed by atoms with E-state index in [0.29, 0.717) is 19.4 Å². The first-order chi connectivity index (χ1) is 8.46. The fraction of sp³-hybridized carbons (Fsp3) is 0.833. The second-order valence-electron chi connectivity index (χ2n) is 5.61. The number of nitrogens with one attached hydrogen (secondary N) is 2. The molecular weight excluding hydrogens is 236 g/mol. The molecule has 2 fully saturated rings. The van der Waals surface area contributed by atoms with Crippen LogP contribution in [-0.2, 0) is 9.53 Å². The average molecular weight is 256 g/mol. The van der Waals surface area contributed by atoms with Gasteiger partial charge < -0.3 is 20.5 Å². The number of carboxylic acids is 1. The molecule has 0 aromatic carbocycles. The summed E-state index contributed by atoms with van der Waals surface area (Å²) in [6.45, 7) is 3.38. The lowest BCUT2D eigenvalue weighted by Gasteiger charge is -2.34. The van der Waals surface area contributed by atoms with Crippen molar-refractivity contribution in [2.45, 2.75) is 38.1 Å². The zero-order valence-corrected chi connectivity index (χ0v) is 10.6. The van der Waals surface area contributed by atoms with E-state index in [2.05, 4.69) is 10.6 Å². The van der Waals surface area contributed by atoms with Gasteiger partial charge in [-0.1, -0.05) is 0 Å². The molecule has 2 amide bonds. The lowest BCUT2D eigenvalue weighted by Crippen LogP contribution is -2.55. The van der Waals surface area contributed by atoms with Crippen molar-refractivity contribution in [3.05, 3.63) is 0 Å². The molecule has 1 unspecified atom stereocenters. The number of carboxylic acid groups (broad SMARTS) is 1. The molecular formula is C12H20N2O4. The minimum absolute atomic E-state index is 0.200. The Labute approximate surface area is 106 Å². The average Bonchev–Trinajstić information content (AvgIpc) is 3.08.